The molecule has 0 spiro atoms. The molecule has 0 unspecified atom stereocenters. The standard InChI is InChI=1S/C21H21BrN4O2S/c22-17-8-6-16(7-9-17)18-12-24-21(25-18)29-14-20(28)26(11-10-19(23)27)13-15-4-2-1-3-5-15/h1-9,12H,10-11,13-14H2,(H2,23,27)(H,24,25). The van der Waals surface area contributed by atoms with Crippen LogP contribution in [-0.2, 0) is 16.1 Å². The molecule has 0 bridgehead atoms. The van der Waals surface area contributed by atoms with E-state index in [1.54, 1.807) is 11.1 Å². The molecule has 0 aliphatic heterocycles. The molecule has 0 fully saturated rings. The van der Waals surface area contributed by atoms with Crippen LogP contribution in [0.15, 0.2) is 70.4 Å². The van der Waals surface area contributed by atoms with Gasteiger partial charge in [0.1, 0.15) is 0 Å². The number of rotatable bonds is 9. The highest BCUT2D eigenvalue weighted by atomic mass is 79.9. The summed E-state index contributed by atoms with van der Waals surface area (Å²) in [6.45, 7) is 0.738. The maximum atomic E-state index is 12.8. The number of benzene rings is 2. The van der Waals surface area contributed by atoms with Crippen LogP contribution in [-0.4, -0.2) is 39.0 Å². The fraction of sp³-hybridized carbons (Fsp3) is 0.190. The molecule has 0 aliphatic carbocycles. The molecule has 3 aromatic rings. The Morgan fingerprint density at radius 3 is 2.52 bits per heavy atom. The summed E-state index contributed by atoms with van der Waals surface area (Å²) in [6, 6.07) is 17.6. The van der Waals surface area contributed by atoms with Crippen molar-refractivity contribution in [2.75, 3.05) is 12.3 Å². The van der Waals surface area contributed by atoms with Gasteiger partial charge in [0, 0.05) is 24.0 Å². The lowest BCUT2D eigenvalue weighted by Gasteiger charge is -2.22. The fourth-order valence-corrected chi connectivity index (χ4v) is 3.73. The molecule has 2 amide bonds. The largest absolute Gasteiger partial charge is 0.370 e. The van der Waals surface area contributed by atoms with Gasteiger partial charge in [-0.2, -0.15) is 0 Å². The number of carbonyl (C=O) groups is 2. The van der Waals surface area contributed by atoms with Crippen LogP contribution in [0, 0.1) is 0 Å². The topological polar surface area (TPSA) is 92.1 Å². The minimum Gasteiger partial charge on any atom is -0.370 e. The number of H-pyrrole nitrogens is 1. The first-order valence-corrected chi connectivity index (χ1v) is 10.8. The van der Waals surface area contributed by atoms with E-state index in [4.69, 9.17) is 5.73 Å². The van der Waals surface area contributed by atoms with Crippen molar-refractivity contribution in [3.05, 3.63) is 70.8 Å². The van der Waals surface area contributed by atoms with Gasteiger partial charge in [-0.3, -0.25) is 9.59 Å². The number of carbonyl (C=O) groups excluding carboxylic acids is 2. The van der Waals surface area contributed by atoms with E-state index in [1.165, 1.54) is 11.8 Å². The van der Waals surface area contributed by atoms with Gasteiger partial charge in [0.25, 0.3) is 0 Å². The number of hydrogen-bond acceptors (Lipinski definition) is 4. The number of aromatic amines is 1. The number of imidazole rings is 1. The Morgan fingerprint density at radius 1 is 1.10 bits per heavy atom. The van der Waals surface area contributed by atoms with Gasteiger partial charge >= 0.3 is 0 Å². The number of hydrogen-bond donors (Lipinski definition) is 2. The van der Waals surface area contributed by atoms with Gasteiger partial charge in [0.15, 0.2) is 5.16 Å². The number of nitrogens with one attached hydrogen (secondary N) is 1. The number of nitrogens with two attached hydrogens (primary N) is 1. The molecule has 0 radical (unpaired) electrons. The average Bonchev–Trinajstić information content (AvgIpc) is 3.19. The molecule has 0 atom stereocenters. The van der Waals surface area contributed by atoms with Gasteiger partial charge in [-0.25, -0.2) is 4.98 Å². The number of aromatic nitrogens is 2. The minimum absolute atomic E-state index is 0.0679. The molecule has 3 N–H and O–H groups in total. The van der Waals surface area contributed by atoms with E-state index in [2.05, 4.69) is 25.9 Å². The monoisotopic (exact) mass is 472 g/mol. The predicted octanol–water partition coefficient (Wildman–Crippen LogP) is 3.84. The second-order valence-corrected chi connectivity index (χ2v) is 8.29. The van der Waals surface area contributed by atoms with Gasteiger partial charge in [-0.05, 0) is 23.3 Å². The van der Waals surface area contributed by atoms with Crippen molar-refractivity contribution in [1.29, 1.82) is 0 Å². The van der Waals surface area contributed by atoms with E-state index in [9.17, 15) is 9.59 Å². The molecule has 1 heterocycles. The molecule has 0 aliphatic rings. The number of halogens is 1. The second kappa shape index (κ2) is 10.3. The Kier molecular flexibility index (Phi) is 7.48. The maximum absolute atomic E-state index is 12.8. The quantitative estimate of drug-likeness (QED) is 0.462. The van der Waals surface area contributed by atoms with E-state index in [-0.39, 0.29) is 18.1 Å². The lowest BCUT2D eigenvalue weighted by molar-refractivity contribution is -0.129. The Balaban J connectivity index is 1.61. The van der Waals surface area contributed by atoms with E-state index in [0.717, 1.165) is 21.3 Å². The summed E-state index contributed by atoms with van der Waals surface area (Å²) in [5, 5.41) is 0.672. The summed E-state index contributed by atoms with van der Waals surface area (Å²) in [4.78, 5) is 33.2. The highest BCUT2D eigenvalue weighted by Gasteiger charge is 2.16. The molecule has 29 heavy (non-hydrogen) atoms. The summed E-state index contributed by atoms with van der Waals surface area (Å²) in [7, 11) is 0. The molecule has 6 nitrogen and oxygen atoms in total. The molecule has 2 aromatic carbocycles. The molecule has 0 saturated heterocycles. The highest BCUT2D eigenvalue weighted by molar-refractivity contribution is 9.10. The van der Waals surface area contributed by atoms with E-state index < -0.39 is 5.91 Å². The number of thioether (sulfide) groups is 1. The lowest BCUT2D eigenvalue weighted by atomic mass is 10.2. The summed E-state index contributed by atoms with van der Waals surface area (Å²) < 4.78 is 1.01. The van der Waals surface area contributed by atoms with Crippen LogP contribution in [0.5, 0.6) is 0 Å². The molecular weight excluding hydrogens is 452 g/mol. The van der Waals surface area contributed by atoms with Crippen molar-refractivity contribution in [2.45, 2.75) is 18.1 Å². The first kappa shape index (κ1) is 21.1. The third-order valence-corrected chi connectivity index (χ3v) is 5.64. The predicted molar refractivity (Wildman–Crippen MR) is 118 cm³/mol. The lowest BCUT2D eigenvalue weighted by Crippen LogP contribution is -2.34. The second-order valence-electron chi connectivity index (χ2n) is 6.41. The van der Waals surface area contributed by atoms with Crippen molar-refractivity contribution in [3.63, 3.8) is 0 Å². The van der Waals surface area contributed by atoms with Crippen LogP contribution in [0.4, 0.5) is 0 Å². The van der Waals surface area contributed by atoms with Gasteiger partial charge in [0.2, 0.25) is 11.8 Å². The maximum Gasteiger partial charge on any atom is 0.233 e. The summed E-state index contributed by atoms with van der Waals surface area (Å²) in [6.07, 6.45) is 1.89. The van der Waals surface area contributed by atoms with E-state index in [0.29, 0.717) is 18.2 Å². The number of amides is 2. The molecule has 0 saturated carbocycles. The Bertz CT molecular complexity index is 960. The summed E-state index contributed by atoms with van der Waals surface area (Å²) >= 11 is 4.76. The van der Waals surface area contributed by atoms with Crippen molar-refractivity contribution in [1.82, 2.24) is 14.9 Å². The van der Waals surface area contributed by atoms with Crippen molar-refractivity contribution < 1.29 is 9.59 Å². The first-order chi connectivity index (χ1) is 14.0. The fourth-order valence-electron chi connectivity index (χ4n) is 2.71. The third kappa shape index (κ3) is 6.47. The van der Waals surface area contributed by atoms with Crippen LogP contribution in [0.25, 0.3) is 11.3 Å². The van der Waals surface area contributed by atoms with Crippen LogP contribution in [0.2, 0.25) is 0 Å². The summed E-state index contributed by atoms with van der Waals surface area (Å²) in [5.41, 5.74) is 8.18. The Hall–Kier alpha value is -2.58. The Labute approximate surface area is 182 Å². The SMILES string of the molecule is NC(=O)CCN(Cc1ccccc1)C(=O)CSc1ncc(-c2ccc(Br)cc2)[nH]1. The van der Waals surface area contributed by atoms with Crippen LogP contribution in [0.1, 0.15) is 12.0 Å². The van der Waals surface area contributed by atoms with Crippen LogP contribution < -0.4 is 5.73 Å². The average molecular weight is 473 g/mol. The van der Waals surface area contributed by atoms with E-state index >= 15 is 0 Å². The molecule has 150 valence electrons. The van der Waals surface area contributed by atoms with Crippen molar-refractivity contribution >= 4 is 39.5 Å². The molecule has 8 heteroatoms. The van der Waals surface area contributed by atoms with Crippen LogP contribution in [0.3, 0.4) is 0 Å². The van der Waals surface area contributed by atoms with Crippen molar-refractivity contribution in [2.24, 2.45) is 5.73 Å². The Morgan fingerprint density at radius 2 is 1.83 bits per heavy atom. The molecule has 1 aromatic heterocycles. The summed E-state index contributed by atoms with van der Waals surface area (Å²) in [5.74, 6) is -0.269. The first-order valence-electron chi connectivity index (χ1n) is 9.05. The smallest absolute Gasteiger partial charge is 0.233 e. The normalized spacial score (nSPS) is 10.7. The minimum atomic E-state index is -0.423. The molecular formula is C21H21BrN4O2S. The van der Waals surface area contributed by atoms with Crippen LogP contribution >= 0.6 is 27.7 Å². The van der Waals surface area contributed by atoms with Gasteiger partial charge in [0.05, 0.1) is 17.6 Å². The zero-order valence-corrected chi connectivity index (χ0v) is 18.1. The van der Waals surface area contributed by atoms with Crippen molar-refractivity contribution in [3.8, 4) is 11.3 Å². The van der Waals surface area contributed by atoms with Gasteiger partial charge < -0.3 is 15.6 Å². The highest BCUT2D eigenvalue weighted by Crippen LogP contribution is 2.23. The molecule has 3 rings (SSSR count). The van der Waals surface area contributed by atoms with Gasteiger partial charge in [-0.1, -0.05) is 70.2 Å². The third-order valence-electron chi connectivity index (χ3n) is 4.24. The van der Waals surface area contributed by atoms with E-state index in [1.807, 2.05) is 54.6 Å². The zero-order chi connectivity index (χ0) is 20.6. The number of nitrogens with zero attached hydrogens (tertiary/aromatic N) is 2. The van der Waals surface area contributed by atoms with Gasteiger partial charge in [-0.15, -0.1) is 0 Å². The zero-order valence-electron chi connectivity index (χ0n) is 15.7. The number of primary amides is 1.